The molecule has 0 aliphatic heterocycles. The van der Waals surface area contributed by atoms with Crippen molar-refractivity contribution in [1.82, 2.24) is 19.7 Å². The minimum Gasteiger partial charge on any atom is -0.369 e. The molecule has 0 saturated heterocycles. The highest BCUT2D eigenvalue weighted by atomic mass is 19.1. The van der Waals surface area contributed by atoms with Crippen molar-refractivity contribution in [3.05, 3.63) is 84.1 Å². The Morgan fingerprint density at radius 1 is 1.17 bits per heavy atom. The largest absolute Gasteiger partial charge is 0.369 e. The fraction of sp³-hybridized carbons (Fsp3) is 0.174. The Kier molecular flexibility index (Phi) is 5.70. The fourth-order valence-corrected chi connectivity index (χ4v) is 3.30. The average Bonchev–Trinajstić information content (AvgIpc) is 3.12. The summed E-state index contributed by atoms with van der Waals surface area (Å²) in [7, 11) is 0. The molecule has 0 aliphatic carbocycles. The number of benzene rings is 2. The first kappa shape index (κ1) is 19.6. The van der Waals surface area contributed by atoms with Crippen LogP contribution in [-0.2, 0) is 11.3 Å². The fourth-order valence-electron chi connectivity index (χ4n) is 3.30. The van der Waals surface area contributed by atoms with Gasteiger partial charge in [-0.25, -0.2) is 9.37 Å². The maximum atomic E-state index is 13.7. The molecule has 0 spiro atoms. The molecule has 0 saturated carbocycles. The van der Waals surface area contributed by atoms with Gasteiger partial charge in [0.2, 0.25) is 5.91 Å². The number of rotatable bonds is 7. The summed E-state index contributed by atoms with van der Waals surface area (Å²) in [6.45, 7) is 2.94. The number of nitrogens with one attached hydrogen (secondary N) is 2. The second-order valence-corrected chi connectivity index (χ2v) is 7.00. The standard InChI is InChI=1S/C23H22FN5O/c1-16-5-2-3-6-18(16)14-27-21(30)9-10-26-23-22(17-7-4-8-19(24)13-17)28-20-15-25-11-12-29(20)23/h2-8,11-13,15,26H,9-10,14H2,1H3,(H,27,30). The van der Waals surface area contributed by atoms with E-state index in [0.29, 0.717) is 42.2 Å². The summed E-state index contributed by atoms with van der Waals surface area (Å²) in [5.74, 6) is 0.322. The number of aryl methyl sites for hydroxylation is 1. The van der Waals surface area contributed by atoms with Crippen molar-refractivity contribution >= 4 is 17.4 Å². The molecule has 152 valence electrons. The number of fused-ring (bicyclic) bond motifs is 1. The molecule has 7 heteroatoms. The second kappa shape index (κ2) is 8.73. The van der Waals surface area contributed by atoms with Crippen molar-refractivity contribution in [3.63, 3.8) is 0 Å². The van der Waals surface area contributed by atoms with E-state index in [2.05, 4.69) is 20.6 Å². The molecule has 2 aromatic heterocycles. The Morgan fingerprint density at radius 2 is 2.03 bits per heavy atom. The third-order valence-corrected chi connectivity index (χ3v) is 4.91. The molecule has 0 unspecified atom stereocenters. The van der Waals surface area contributed by atoms with Gasteiger partial charge < -0.3 is 10.6 Å². The quantitative estimate of drug-likeness (QED) is 0.490. The predicted octanol–water partition coefficient (Wildman–Crippen LogP) is 3.96. The minimum absolute atomic E-state index is 0.0476. The van der Waals surface area contributed by atoms with E-state index >= 15 is 0 Å². The maximum Gasteiger partial charge on any atom is 0.222 e. The van der Waals surface area contributed by atoms with E-state index in [9.17, 15) is 9.18 Å². The summed E-state index contributed by atoms with van der Waals surface area (Å²) in [6.07, 6.45) is 5.38. The third-order valence-electron chi connectivity index (χ3n) is 4.91. The van der Waals surface area contributed by atoms with Gasteiger partial charge >= 0.3 is 0 Å². The van der Waals surface area contributed by atoms with Gasteiger partial charge in [0.15, 0.2) is 5.65 Å². The molecule has 0 aliphatic rings. The van der Waals surface area contributed by atoms with Gasteiger partial charge in [-0.15, -0.1) is 0 Å². The number of aromatic nitrogens is 3. The molecule has 30 heavy (non-hydrogen) atoms. The number of carbonyl (C=O) groups excluding carboxylic acids is 1. The number of carbonyl (C=O) groups is 1. The zero-order chi connectivity index (χ0) is 20.9. The molecule has 4 rings (SSSR count). The molecule has 2 heterocycles. The summed E-state index contributed by atoms with van der Waals surface area (Å²) in [5, 5.41) is 6.23. The van der Waals surface area contributed by atoms with Crippen molar-refractivity contribution in [1.29, 1.82) is 0 Å². The van der Waals surface area contributed by atoms with Crippen LogP contribution in [0.15, 0.2) is 67.1 Å². The normalized spacial score (nSPS) is 10.9. The van der Waals surface area contributed by atoms with Crippen LogP contribution in [0.3, 0.4) is 0 Å². The van der Waals surface area contributed by atoms with Crippen molar-refractivity contribution < 1.29 is 9.18 Å². The molecule has 0 radical (unpaired) electrons. The molecule has 0 bridgehead atoms. The third kappa shape index (κ3) is 4.30. The van der Waals surface area contributed by atoms with Crippen LogP contribution in [0.5, 0.6) is 0 Å². The highest BCUT2D eigenvalue weighted by molar-refractivity contribution is 5.78. The first-order valence-electron chi connectivity index (χ1n) is 9.75. The van der Waals surface area contributed by atoms with E-state index < -0.39 is 0 Å². The van der Waals surface area contributed by atoms with Crippen molar-refractivity contribution in [2.45, 2.75) is 19.9 Å². The van der Waals surface area contributed by atoms with E-state index in [-0.39, 0.29) is 11.7 Å². The van der Waals surface area contributed by atoms with Crippen LogP contribution in [0.2, 0.25) is 0 Å². The van der Waals surface area contributed by atoms with Gasteiger partial charge in [0.25, 0.3) is 0 Å². The molecule has 2 N–H and O–H groups in total. The van der Waals surface area contributed by atoms with Gasteiger partial charge in [0, 0.05) is 37.5 Å². The van der Waals surface area contributed by atoms with Gasteiger partial charge in [-0.05, 0) is 30.2 Å². The lowest BCUT2D eigenvalue weighted by Gasteiger charge is -2.10. The summed E-state index contributed by atoms with van der Waals surface area (Å²) in [5.41, 5.74) is 4.16. The molecule has 4 aromatic rings. The van der Waals surface area contributed by atoms with E-state index in [0.717, 1.165) is 11.1 Å². The first-order chi connectivity index (χ1) is 14.6. The Morgan fingerprint density at radius 3 is 2.87 bits per heavy atom. The van der Waals surface area contributed by atoms with Gasteiger partial charge in [-0.1, -0.05) is 36.4 Å². The van der Waals surface area contributed by atoms with Crippen LogP contribution in [0, 0.1) is 12.7 Å². The topological polar surface area (TPSA) is 71.3 Å². The minimum atomic E-state index is -0.329. The number of imidazole rings is 1. The molecule has 2 aromatic carbocycles. The summed E-state index contributed by atoms with van der Waals surface area (Å²) < 4.78 is 15.6. The Labute approximate surface area is 173 Å². The highest BCUT2D eigenvalue weighted by Crippen LogP contribution is 2.28. The lowest BCUT2D eigenvalue weighted by atomic mass is 10.1. The highest BCUT2D eigenvalue weighted by Gasteiger charge is 2.15. The number of halogens is 1. The smallest absolute Gasteiger partial charge is 0.222 e. The number of anilines is 1. The molecule has 0 fully saturated rings. The Bertz CT molecular complexity index is 1190. The van der Waals surface area contributed by atoms with Crippen LogP contribution in [-0.4, -0.2) is 26.8 Å². The van der Waals surface area contributed by atoms with Crippen molar-refractivity contribution in [2.75, 3.05) is 11.9 Å². The van der Waals surface area contributed by atoms with E-state index in [1.54, 1.807) is 30.7 Å². The molecule has 6 nitrogen and oxygen atoms in total. The number of nitrogens with zero attached hydrogens (tertiary/aromatic N) is 3. The zero-order valence-electron chi connectivity index (χ0n) is 16.6. The average molecular weight is 403 g/mol. The van der Waals surface area contributed by atoms with Gasteiger partial charge in [-0.2, -0.15) is 0 Å². The SMILES string of the molecule is Cc1ccccc1CNC(=O)CCNc1c(-c2cccc(F)c2)nc2cnccn12. The van der Waals surface area contributed by atoms with Crippen LogP contribution in [0.25, 0.3) is 16.9 Å². The van der Waals surface area contributed by atoms with Gasteiger partial charge in [0.05, 0.1) is 6.20 Å². The second-order valence-electron chi connectivity index (χ2n) is 7.00. The van der Waals surface area contributed by atoms with Crippen molar-refractivity contribution in [3.8, 4) is 11.3 Å². The van der Waals surface area contributed by atoms with E-state index in [1.165, 1.54) is 12.1 Å². The summed E-state index contributed by atoms with van der Waals surface area (Å²) in [6, 6.07) is 14.3. The number of amides is 1. The number of hydrogen-bond acceptors (Lipinski definition) is 4. The Balaban J connectivity index is 1.45. The zero-order valence-corrected chi connectivity index (χ0v) is 16.6. The number of hydrogen-bond donors (Lipinski definition) is 2. The van der Waals surface area contributed by atoms with Crippen LogP contribution in [0.4, 0.5) is 10.2 Å². The van der Waals surface area contributed by atoms with Gasteiger partial charge in [0.1, 0.15) is 17.3 Å². The summed E-state index contributed by atoms with van der Waals surface area (Å²) in [4.78, 5) is 21.0. The predicted molar refractivity (Wildman–Crippen MR) is 115 cm³/mol. The molecular weight excluding hydrogens is 381 g/mol. The maximum absolute atomic E-state index is 13.7. The van der Waals surface area contributed by atoms with Gasteiger partial charge in [-0.3, -0.25) is 14.2 Å². The monoisotopic (exact) mass is 403 g/mol. The van der Waals surface area contributed by atoms with Crippen molar-refractivity contribution in [2.24, 2.45) is 0 Å². The Hall–Kier alpha value is -3.74. The lowest BCUT2D eigenvalue weighted by molar-refractivity contribution is -0.121. The van der Waals surface area contributed by atoms with E-state index in [4.69, 9.17) is 0 Å². The molecule has 1 amide bonds. The van der Waals surface area contributed by atoms with Crippen LogP contribution >= 0.6 is 0 Å². The molecular formula is C23H22FN5O. The summed E-state index contributed by atoms with van der Waals surface area (Å²) >= 11 is 0. The molecule has 0 atom stereocenters. The van der Waals surface area contributed by atoms with E-state index in [1.807, 2.05) is 35.6 Å². The van der Waals surface area contributed by atoms with Crippen LogP contribution < -0.4 is 10.6 Å². The first-order valence-corrected chi connectivity index (χ1v) is 9.75. The lowest BCUT2D eigenvalue weighted by Crippen LogP contribution is -2.25. The van der Waals surface area contributed by atoms with Crippen LogP contribution in [0.1, 0.15) is 17.5 Å².